The van der Waals surface area contributed by atoms with Crippen LogP contribution in [0.1, 0.15) is 19.4 Å². The number of sulfonamides is 1. The Morgan fingerprint density at radius 2 is 1.64 bits per heavy atom. The van der Waals surface area contributed by atoms with Gasteiger partial charge in [0, 0.05) is 6.54 Å². The van der Waals surface area contributed by atoms with E-state index in [-0.39, 0.29) is 6.54 Å². The van der Waals surface area contributed by atoms with Gasteiger partial charge in [0.1, 0.15) is 17.5 Å². The van der Waals surface area contributed by atoms with E-state index in [2.05, 4.69) is 5.32 Å². The summed E-state index contributed by atoms with van der Waals surface area (Å²) < 4.78 is 36.2. The maximum Gasteiger partial charge on any atom is 0.243 e. The molecule has 7 nitrogen and oxygen atoms in total. The summed E-state index contributed by atoms with van der Waals surface area (Å²) in [6, 6.07) is 13.0. The Morgan fingerprint density at radius 1 is 1.07 bits per heavy atom. The number of hydrogen-bond acceptors (Lipinski definition) is 5. The summed E-state index contributed by atoms with van der Waals surface area (Å²) >= 11 is 0. The summed E-state index contributed by atoms with van der Waals surface area (Å²) in [6.45, 7) is 4.33. The van der Waals surface area contributed by atoms with Gasteiger partial charge >= 0.3 is 0 Å². The van der Waals surface area contributed by atoms with E-state index < -0.39 is 22.0 Å². The maximum absolute atomic E-state index is 12.6. The zero-order chi connectivity index (χ0) is 20.7. The number of methoxy groups -OCH3 is 1. The van der Waals surface area contributed by atoms with Gasteiger partial charge in [-0.25, -0.2) is 8.42 Å². The second-order valence-corrected chi connectivity index (χ2v) is 8.09. The van der Waals surface area contributed by atoms with Crippen molar-refractivity contribution in [2.45, 2.75) is 26.4 Å². The van der Waals surface area contributed by atoms with Gasteiger partial charge in [0.25, 0.3) is 0 Å². The minimum atomic E-state index is -3.66. The molecule has 1 atom stereocenters. The number of carbonyl (C=O) groups is 1. The highest BCUT2D eigenvalue weighted by Crippen LogP contribution is 2.24. The van der Waals surface area contributed by atoms with Crippen molar-refractivity contribution in [2.75, 3.05) is 24.3 Å². The molecule has 0 aliphatic heterocycles. The highest BCUT2D eigenvalue weighted by Gasteiger charge is 2.29. The second kappa shape index (κ2) is 9.45. The fraction of sp³-hybridized carbons (Fsp3) is 0.350. The zero-order valence-electron chi connectivity index (χ0n) is 16.5. The van der Waals surface area contributed by atoms with E-state index in [0.29, 0.717) is 18.0 Å². The molecule has 28 heavy (non-hydrogen) atoms. The maximum atomic E-state index is 12.6. The summed E-state index contributed by atoms with van der Waals surface area (Å²) in [6.07, 6.45) is 1.08. The molecule has 0 saturated heterocycles. The normalized spacial score (nSPS) is 12.1. The number of nitrogens with zero attached hydrogens (tertiary/aromatic N) is 1. The van der Waals surface area contributed by atoms with E-state index in [1.54, 1.807) is 31.2 Å². The second-order valence-electron chi connectivity index (χ2n) is 6.23. The molecule has 0 spiro atoms. The number of benzene rings is 2. The molecule has 152 valence electrons. The Hall–Kier alpha value is -2.74. The molecule has 0 aromatic heterocycles. The Labute approximate surface area is 166 Å². The lowest BCUT2D eigenvalue weighted by Gasteiger charge is -2.28. The van der Waals surface area contributed by atoms with E-state index in [9.17, 15) is 13.2 Å². The molecule has 0 heterocycles. The van der Waals surface area contributed by atoms with Gasteiger partial charge in [0.05, 0.1) is 25.7 Å². The van der Waals surface area contributed by atoms with Crippen molar-refractivity contribution >= 4 is 21.6 Å². The van der Waals surface area contributed by atoms with E-state index >= 15 is 0 Å². The highest BCUT2D eigenvalue weighted by molar-refractivity contribution is 7.92. The van der Waals surface area contributed by atoms with Crippen molar-refractivity contribution in [1.29, 1.82) is 0 Å². The van der Waals surface area contributed by atoms with Crippen LogP contribution in [0.5, 0.6) is 11.5 Å². The van der Waals surface area contributed by atoms with E-state index in [1.165, 1.54) is 7.11 Å². The van der Waals surface area contributed by atoms with Gasteiger partial charge in [-0.15, -0.1) is 0 Å². The van der Waals surface area contributed by atoms with Gasteiger partial charge in [0.2, 0.25) is 15.9 Å². The van der Waals surface area contributed by atoms with Crippen LogP contribution in [0.2, 0.25) is 0 Å². The van der Waals surface area contributed by atoms with Gasteiger partial charge in [-0.05, 0) is 55.8 Å². The van der Waals surface area contributed by atoms with Crippen LogP contribution in [0, 0.1) is 0 Å². The molecule has 0 aliphatic carbocycles. The summed E-state index contributed by atoms with van der Waals surface area (Å²) in [5.41, 5.74) is 1.28. The summed E-state index contributed by atoms with van der Waals surface area (Å²) in [4.78, 5) is 12.6. The Balaban J connectivity index is 2.10. The number of rotatable bonds is 9. The Bertz CT molecular complexity index is 880. The van der Waals surface area contributed by atoms with Gasteiger partial charge in [0.15, 0.2) is 0 Å². The number of nitrogens with one attached hydrogen (secondary N) is 1. The van der Waals surface area contributed by atoms with Crippen LogP contribution in [-0.2, 0) is 21.4 Å². The quantitative estimate of drug-likeness (QED) is 0.692. The summed E-state index contributed by atoms with van der Waals surface area (Å²) in [5.74, 6) is 0.966. The van der Waals surface area contributed by atoms with E-state index in [4.69, 9.17) is 9.47 Å². The molecule has 0 radical (unpaired) electrons. The average Bonchev–Trinajstić information content (AvgIpc) is 2.67. The third kappa shape index (κ3) is 5.63. The molecule has 0 bridgehead atoms. The molecule has 2 aromatic carbocycles. The fourth-order valence-corrected chi connectivity index (χ4v) is 3.92. The van der Waals surface area contributed by atoms with Gasteiger partial charge in [-0.2, -0.15) is 0 Å². The lowest BCUT2D eigenvalue weighted by atomic mass is 10.2. The van der Waals surface area contributed by atoms with Crippen molar-refractivity contribution in [3.05, 3.63) is 54.1 Å². The monoisotopic (exact) mass is 406 g/mol. The molecule has 0 fully saturated rings. The van der Waals surface area contributed by atoms with Gasteiger partial charge < -0.3 is 14.8 Å². The number of anilines is 1. The first-order chi connectivity index (χ1) is 13.3. The third-order valence-corrected chi connectivity index (χ3v) is 5.36. The van der Waals surface area contributed by atoms with Gasteiger partial charge in [-0.3, -0.25) is 9.10 Å². The van der Waals surface area contributed by atoms with Crippen molar-refractivity contribution in [2.24, 2.45) is 0 Å². The molecule has 1 N–H and O–H groups in total. The first-order valence-electron chi connectivity index (χ1n) is 8.89. The fourth-order valence-electron chi connectivity index (χ4n) is 2.75. The zero-order valence-corrected chi connectivity index (χ0v) is 17.3. The van der Waals surface area contributed by atoms with Crippen LogP contribution in [-0.4, -0.2) is 40.3 Å². The smallest absolute Gasteiger partial charge is 0.243 e. The summed E-state index contributed by atoms with van der Waals surface area (Å²) in [7, 11) is -2.13. The minimum Gasteiger partial charge on any atom is -0.497 e. The number of carbonyl (C=O) groups excluding carboxylic acids is 1. The molecular weight excluding hydrogens is 380 g/mol. The van der Waals surface area contributed by atoms with Crippen LogP contribution in [0.25, 0.3) is 0 Å². The molecule has 0 aliphatic rings. The van der Waals surface area contributed by atoms with Crippen LogP contribution in [0.3, 0.4) is 0 Å². The van der Waals surface area contributed by atoms with Crippen LogP contribution >= 0.6 is 0 Å². The lowest BCUT2D eigenvalue weighted by Crippen LogP contribution is -2.47. The first kappa shape index (κ1) is 21.6. The largest absolute Gasteiger partial charge is 0.497 e. The minimum absolute atomic E-state index is 0.287. The number of hydrogen-bond donors (Lipinski definition) is 1. The highest BCUT2D eigenvalue weighted by atomic mass is 32.2. The molecule has 2 aromatic rings. The predicted molar refractivity (Wildman–Crippen MR) is 109 cm³/mol. The van der Waals surface area contributed by atoms with Crippen LogP contribution in [0.15, 0.2) is 48.5 Å². The Morgan fingerprint density at radius 3 is 2.14 bits per heavy atom. The predicted octanol–water partition coefficient (Wildman–Crippen LogP) is 2.56. The van der Waals surface area contributed by atoms with Crippen molar-refractivity contribution < 1.29 is 22.7 Å². The average molecular weight is 407 g/mol. The van der Waals surface area contributed by atoms with Crippen LogP contribution in [0.4, 0.5) is 5.69 Å². The SMILES string of the molecule is CCOc1ccc(CNC(=O)[C@@H](C)N(c2ccc(OC)cc2)S(C)(=O)=O)cc1. The van der Waals surface area contributed by atoms with Crippen molar-refractivity contribution in [3.8, 4) is 11.5 Å². The number of ether oxygens (including phenoxy) is 2. The van der Waals surface area contributed by atoms with Crippen molar-refractivity contribution in [3.63, 3.8) is 0 Å². The molecule has 0 saturated carbocycles. The third-order valence-electron chi connectivity index (χ3n) is 4.12. The molecule has 0 unspecified atom stereocenters. The standard InChI is InChI=1S/C20H26N2O5S/c1-5-27-19-10-6-16(7-11-19)14-21-20(23)15(2)22(28(4,24)25)17-8-12-18(26-3)13-9-17/h6-13,15H,5,14H2,1-4H3,(H,21,23)/t15-/m1/s1. The Kier molecular flexibility index (Phi) is 7.28. The van der Waals surface area contributed by atoms with E-state index in [1.807, 2.05) is 31.2 Å². The van der Waals surface area contributed by atoms with E-state index in [0.717, 1.165) is 21.9 Å². The molecule has 1 amide bonds. The molecule has 2 rings (SSSR count). The number of amides is 1. The topological polar surface area (TPSA) is 84.9 Å². The summed E-state index contributed by atoms with van der Waals surface area (Å²) in [5, 5.41) is 2.78. The van der Waals surface area contributed by atoms with Crippen LogP contribution < -0.4 is 19.1 Å². The van der Waals surface area contributed by atoms with Crippen molar-refractivity contribution in [1.82, 2.24) is 5.32 Å². The first-order valence-corrected chi connectivity index (χ1v) is 10.7. The van der Waals surface area contributed by atoms with Gasteiger partial charge in [-0.1, -0.05) is 12.1 Å². The lowest BCUT2D eigenvalue weighted by molar-refractivity contribution is -0.122. The molecular formula is C20H26N2O5S. The molecule has 8 heteroatoms.